The standard InChI is InChI=1S/C54H35N3/c1-7-19-49-43(13-1)44-14-2-8-20-50(44)55(49)40-29-25-36(26-30-40)38-33-39(35-42(34-38)57-53-23-11-5-17-47(53)48-18-6-12-24-54(48)57)37-27-31-41(32-28-37)56-51-21-9-3-15-45(51)46-16-4-10-22-52(46)56/h1-35H. The molecule has 12 aromatic rings. The largest absolute Gasteiger partial charge is 0.309 e. The molecule has 9 aromatic carbocycles. The third kappa shape index (κ3) is 4.86. The number of para-hydroxylation sites is 6. The molecule has 3 heterocycles. The Balaban J connectivity index is 1.03. The zero-order valence-corrected chi connectivity index (χ0v) is 31.0. The normalized spacial score (nSPS) is 11.9. The fraction of sp³-hybridized carbons (Fsp3) is 0. The zero-order valence-electron chi connectivity index (χ0n) is 31.0. The van der Waals surface area contributed by atoms with E-state index in [-0.39, 0.29) is 0 Å². The Morgan fingerprint density at radius 1 is 0.193 bits per heavy atom. The van der Waals surface area contributed by atoms with Crippen LogP contribution in [0, 0.1) is 0 Å². The van der Waals surface area contributed by atoms with Crippen LogP contribution in [0.1, 0.15) is 0 Å². The zero-order chi connectivity index (χ0) is 37.5. The summed E-state index contributed by atoms with van der Waals surface area (Å²) in [7, 11) is 0. The molecule has 3 heteroatoms. The van der Waals surface area contributed by atoms with Crippen molar-refractivity contribution in [3.05, 3.63) is 212 Å². The number of hydrogen-bond donors (Lipinski definition) is 0. The van der Waals surface area contributed by atoms with Gasteiger partial charge in [0, 0.05) is 49.4 Å². The molecular formula is C54H35N3. The SMILES string of the molecule is c1ccc2c(c1)c1ccccc1n2-c1ccc(-c2cc(-c3ccc(-n4c5ccccc5c5ccccc54)cc3)cc(-n3c4ccccc4c4ccccc43)c2)cc1. The van der Waals surface area contributed by atoms with Crippen LogP contribution in [0.25, 0.3) is 105 Å². The van der Waals surface area contributed by atoms with Gasteiger partial charge in [0.05, 0.1) is 33.1 Å². The fourth-order valence-electron chi connectivity index (χ4n) is 9.28. The number of fused-ring (bicyclic) bond motifs is 9. The van der Waals surface area contributed by atoms with Crippen molar-refractivity contribution < 1.29 is 0 Å². The van der Waals surface area contributed by atoms with Crippen molar-refractivity contribution in [2.75, 3.05) is 0 Å². The van der Waals surface area contributed by atoms with Crippen LogP contribution in [-0.4, -0.2) is 13.7 Å². The van der Waals surface area contributed by atoms with Gasteiger partial charge in [0.2, 0.25) is 0 Å². The van der Waals surface area contributed by atoms with Gasteiger partial charge in [0.25, 0.3) is 0 Å². The van der Waals surface area contributed by atoms with Crippen molar-refractivity contribution in [1.29, 1.82) is 0 Å². The van der Waals surface area contributed by atoms with Crippen molar-refractivity contribution in [3.8, 4) is 39.3 Å². The lowest BCUT2D eigenvalue weighted by Gasteiger charge is -2.15. The highest BCUT2D eigenvalue weighted by Gasteiger charge is 2.17. The second kappa shape index (κ2) is 12.5. The molecular weight excluding hydrogens is 691 g/mol. The van der Waals surface area contributed by atoms with Gasteiger partial charge in [-0.1, -0.05) is 133 Å². The first-order chi connectivity index (χ1) is 28.3. The maximum Gasteiger partial charge on any atom is 0.0541 e. The van der Waals surface area contributed by atoms with Gasteiger partial charge < -0.3 is 13.7 Å². The van der Waals surface area contributed by atoms with E-state index in [1.165, 1.54) is 87.7 Å². The van der Waals surface area contributed by atoms with E-state index in [1.54, 1.807) is 0 Å². The van der Waals surface area contributed by atoms with Crippen molar-refractivity contribution in [1.82, 2.24) is 13.7 Å². The molecule has 0 spiro atoms. The molecule has 0 N–H and O–H groups in total. The summed E-state index contributed by atoms with van der Waals surface area (Å²) in [5, 5.41) is 7.58. The first kappa shape index (κ1) is 31.7. The van der Waals surface area contributed by atoms with Gasteiger partial charge in [-0.25, -0.2) is 0 Å². The van der Waals surface area contributed by atoms with Crippen molar-refractivity contribution in [2.45, 2.75) is 0 Å². The first-order valence-electron chi connectivity index (χ1n) is 19.6. The molecule has 0 amide bonds. The average molecular weight is 726 g/mol. The van der Waals surface area contributed by atoms with E-state index in [2.05, 4.69) is 226 Å². The molecule has 0 fully saturated rings. The predicted molar refractivity (Wildman–Crippen MR) is 240 cm³/mol. The number of rotatable bonds is 5. The molecule has 0 radical (unpaired) electrons. The summed E-state index contributed by atoms with van der Waals surface area (Å²) >= 11 is 0. The van der Waals surface area contributed by atoms with Crippen molar-refractivity contribution in [2.24, 2.45) is 0 Å². The molecule has 12 rings (SSSR count). The van der Waals surface area contributed by atoms with Gasteiger partial charge in [-0.15, -0.1) is 0 Å². The molecule has 0 saturated carbocycles. The van der Waals surface area contributed by atoms with E-state index in [0.717, 1.165) is 17.1 Å². The maximum atomic E-state index is 2.43. The summed E-state index contributed by atoms with van der Waals surface area (Å²) in [6.45, 7) is 0. The molecule has 0 bridgehead atoms. The molecule has 57 heavy (non-hydrogen) atoms. The molecule has 266 valence electrons. The van der Waals surface area contributed by atoms with Crippen LogP contribution < -0.4 is 0 Å². The molecule has 0 aliphatic carbocycles. The maximum absolute atomic E-state index is 2.43. The lowest BCUT2D eigenvalue weighted by molar-refractivity contribution is 1.17. The molecule has 0 saturated heterocycles. The first-order valence-corrected chi connectivity index (χ1v) is 19.6. The van der Waals surface area contributed by atoms with Crippen LogP contribution in [0.15, 0.2) is 212 Å². The Morgan fingerprint density at radius 2 is 0.439 bits per heavy atom. The lowest BCUT2D eigenvalue weighted by Crippen LogP contribution is -1.97. The van der Waals surface area contributed by atoms with E-state index in [0.29, 0.717) is 0 Å². The summed E-state index contributed by atoms with van der Waals surface area (Å²) in [6.07, 6.45) is 0. The quantitative estimate of drug-likeness (QED) is 0.168. The van der Waals surface area contributed by atoms with E-state index in [1.807, 2.05) is 0 Å². The molecule has 0 aliphatic heterocycles. The van der Waals surface area contributed by atoms with Crippen molar-refractivity contribution in [3.63, 3.8) is 0 Å². The van der Waals surface area contributed by atoms with E-state index >= 15 is 0 Å². The van der Waals surface area contributed by atoms with E-state index < -0.39 is 0 Å². The monoisotopic (exact) mass is 725 g/mol. The fourth-order valence-corrected chi connectivity index (χ4v) is 9.28. The molecule has 0 aliphatic rings. The average Bonchev–Trinajstić information content (AvgIpc) is 3.92. The summed E-state index contributed by atoms with van der Waals surface area (Å²) in [6, 6.07) is 77.5. The molecule has 3 nitrogen and oxygen atoms in total. The van der Waals surface area contributed by atoms with E-state index in [9.17, 15) is 0 Å². The number of aromatic nitrogens is 3. The minimum Gasteiger partial charge on any atom is -0.309 e. The molecule has 0 unspecified atom stereocenters. The predicted octanol–water partition coefficient (Wildman–Crippen LogP) is 14.3. The highest BCUT2D eigenvalue weighted by molar-refractivity contribution is 6.11. The summed E-state index contributed by atoms with van der Waals surface area (Å²) < 4.78 is 7.19. The minimum absolute atomic E-state index is 1.14. The van der Waals surface area contributed by atoms with Crippen molar-refractivity contribution >= 4 is 65.4 Å². The Hall–Kier alpha value is -7.62. The molecule has 3 aromatic heterocycles. The minimum atomic E-state index is 1.14. The van der Waals surface area contributed by atoms with E-state index in [4.69, 9.17) is 0 Å². The van der Waals surface area contributed by atoms with Crippen LogP contribution in [-0.2, 0) is 0 Å². The highest BCUT2D eigenvalue weighted by atomic mass is 15.0. The third-order valence-corrected chi connectivity index (χ3v) is 11.8. The van der Waals surface area contributed by atoms with Crippen LogP contribution in [0.4, 0.5) is 0 Å². The van der Waals surface area contributed by atoms with Gasteiger partial charge >= 0.3 is 0 Å². The van der Waals surface area contributed by atoms with Gasteiger partial charge in [-0.05, 0) is 101 Å². The Kier molecular flexibility index (Phi) is 6.93. The van der Waals surface area contributed by atoms with Gasteiger partial charge in [-0.3, -0.25) is 0 Å². The summed E-state index contributed by atoms with van der Waals surface area (Å²) in [5.41, 5.74) is 15.4. The topological polar surface area (TPSA) is 14.8 Å². The number of nitrogens with zero attached hydrogens (tertiary/aromatic N) is 3. The number of hydrogen-bond acceptors (Lipinski definition) is 0. The van der Waals surface area contributed by atoms with Gasteiger partial charge in [-0.2, -0.15) is 0 Å². The van der Waals surface area contributed by atoms with Crippen LogP contribution in [0.3, 0.4) is 0 Å². The Labute approximate surface area is 329 Å². The van der Waals surface area contributed by atoms with Crippen LogP contribution in [0.2, 0.25) is 0 Å². The summed E-state index contributed by atoms with van der Waals surface area (Å²) in [4.78, 5) is 0. The van der Waals surface area contributed by atoms with Gasteiger partial charge in [0.1, 0.15) is 0 Å². The number of benzene rings is 9. The third-order valence-electron chi connectivity index (χ3n) is 11.8. The van der Waals surface area contributed by atoms with Crippen LogP contribution in [0.5, 0.6) is 0 Å². The smallest absolute Gasteiger partial charge is 0.0541 e. The summed E-state index contributed by atoms with van der Waals surface area (Å²) in [5.74, 6) is 0. The second-order valence-electron chi connectivity index (χ2n) is 15.0. The molecule has 0 atom stereocenters. The second-order valence-corrected chi connectivity index (χ2v) is 15.0. The Bertz CT molecular complexity index is 3170. The van der Waals surface area contributed by atoms with Gasteiger partial charge in [0.15, 0.2) is 0 Å². The Morgan fingerprint density at radius 3 is 0.719 bits per heavy atom. The van der Waals surface area contributed by atoms with Crippen LogP contribution >= 0.6 is 0 Å². The highest BCUT2D eigenvalue weighted by Crippen LogP contribution is 2.38. The lowest BCUT2D eigenvalue weighted by atomic mass is 9.97.